The summed E-state index contributed by atoms with van der Waals surface area (Å²) in [5.41, 5.74) is 6.32. The Bertz CT molecular complexity index is 503. The lowest BCUT2D eigenvalue weighted by Gasteiger charge is -2.33. The molecule has 1 atom stereocenters. The predicted molar refractivity (Wildman–Crippen MR) is 73.2 cm³/mol. The van der Waals surface area contributed by atoms with E-state index in [1.54, 1.807) is 29.1 Å². The highest BCUT2D eigenvalue weighted by molar-refractivity contribution is 8.01. The maximum absolute atomic E-state index is 11.8. The van der Waals surface area contributed by atoms with Crippen LogP contribution < -0.4 is 10.6 Å². The van der Waals surface area contributed by atoms with Crippen LogP contribution in [0.4, 0.5) is 5.95 Å². The second-order valence-electron chi connectivity index (χ2n) is 4.15. The maximum Gasteiger partial charge on any atom is 0.226 e. The minimum absolute atomic E-state index is 0.381. The average Bonchev–Trinajstić information content (AvgIpc) is 2.38. The third-order valence-electron chi connectivity index (χ3n) is 2.76. The van der Waals surface area contributed by atoms with Gasteiger partial charge in [-0.25, -0.2) is 18.4 Å². The van der Waals surface area contributed by atoms with Crippen LogP contribution in [0, 0.1) is 0 Å². The van der Waals surface area contributed by atoms with Crippen LogP contribution in [0.5, 0.6) is 0 Å². The quantitative estimate of drug-likeness (QED) is 0.828. The molecule has 100 valence electrons. The van der Waals surface area contributed by atoms with Crippen molar-refractivity contribution in [1.29, 1.82) is 0 Å². The molecule has 0 bridgehead atoms. The molecule has 8 heteroatoms. The molecule has 18 heavy (non-hydrogen) atoms. The van der Waals surface area contributed by atoms with Crippen molar-refractivity contribution in [3.05, 3.63) is 18.0 Å². The third-order valence-corrected chi connectivity index (χ3v) is 5.41. The van der Waals surface area contributed by atoms with Crippen LogP contribution in [0.3, 0.4) is 0 Å². The van der Waals surface area contributed by atoms with Crippen molar-refractivity contribution in [3.63, 3.8) is 0 Å². The van der Waals surface area contributed by atoms with Gasteiger partial charge in [0.15, 0.2) is 9.84 Å². The van der Waals surface area contributed by atoms with E-state index < -0.39 is 15.2 Å². The van der Waals surface area contributed by atoms with E-state index in [1.807, 2.05) is 0 Å². The number of sulfone groups is 1. The smallest absolute Gasteiger partial charge is 0.226 e. The molecule has 6 nitrogen and oxygen atoms in total. The number of nitrogens with zero attached hydrogens (tertiary/aromatic N) is 3. The molecule has 1 aromatic rings. The summed E-state index contributed by atoms with van der Waals surface area (Å²) in [5, 5.41) is -0.542. The Balaban J connectivity index is 2.28. The van der Waals surface area contributed by atoms with Crippen LogP contribution in [-0.4, -0.2) is 48.1 Å². The standard InChI is InChI=1S/C10H16N4O2S2/c1-18(15,16)9-7-17-3-2-14(9)10-12-5-8(4-11)6-13-10/h5-6,9H,2-4,7,11H2,1H3. The summed E-state index contributed by atoms with van der Waals surface area (Å²) in [5.74, 6) is 1.90. The Kier molecular flexibility index (Phi) is 4.08. The molecule has 0 radical (unpaired) electrons. The van der Waals surface area contributed by atoms with Crippen molar-refractivity contribution in [1.82, 2.24) is 9.97 Å². The zero-order valence-corrected chi connectivity index (χ0v) is 11.7. The molecule has 0 aliphatic carbocycles. The number of aromatic nitrogens is 2. The Morgan fingerprint density at radius 1 is 1.50 bits per heavy atom. The first kappa shape index (κ1) is 13.6. The Morgan fingerprint density at radius 2 is 2.17 bits per heavy atom. The molecule has 1 unspecified atom stereocenters. The minimum atomic E-state index is -3.14. The number of anilines is 1. The van der Waals surface area contributed by atoms with Crippen LogP contribution in [0.1, 0.15) is 5.56 Å². The highest BCUT2D eigenvalue weighted by atomic mass is 32.2. The molecule has 0 amide bonds. The van der Waals surface area contributed by atoms with Gasteiger partial charge in [0, 0.05) is 48.8 Å². The van der Waals surface area contributed by atoms with Crippen LogP contribution >= 0.6 is 11.8 Å². The maximum atomic E-state index is 11.8. The van der Waals surface area contributed by atoms with Crippen molar-refractivity contribution in [2.75, 3.05) is 29.2 Å². The summed E-state index contributed by atoms with van der Waals surface area (Å²) in [7, 11) is -3.14. The van der Waals surface area contributed by atoms with Crippen molar-refractivity contribution in [2.45, 2.75) is 11.9 Å². The van der Waals surface area contributed by atoms with E-state index in [0.717, 1.165) is 11.3 Å². The van der Waals surface area contributed by atoms with Gasteiger partial charge in [0.05, 0.1) is 0 Å². The van der Waals surface area contributed by atoms with E-state index in [0.29, 0.717) is 24.8 Å². The molecule has 2 N–H and O–H groups in total. The van der Waals surface area contributed by atoms with Crippen molar-refractivity contribution >= 4 is 27.5 Å². The van der Waals surface area contributed by atoms with Crippen LogP contribution in [0.2, 0.25) is 0 Å². The first-order valence-corrected chi connectivity index (χ1v) is 8.67. The lowest BCUT2D eigenvalue weighted by Crippen LogP contribution is -2.47. The van der Waals surface area contributed by atoms with Crippen LogP contribution in [0.25, 0.3) is 0 Å². The molecule has 0 aromatic carbocycles. The van der Waals surface area contributed by atoms with Gasteiger partial charge in [-0.2, -0.15) is 11.8 Å². The van der Waals surface area contributed by atoms with Crippen LogP contribution in [-0.2, 0) is 16.4 Å². The largest absolute Gasteiger partial charge is 0.326 e. The Morgan fingerprint density at radius 3 is 2.72 bits per heavy atom. The molecule has 1 aromatic heterocycles. The van der Waals surface area contributed by atoms with Crippen molar-refractivity contribution in [3.8, 4) is 0 Å². The second kappa shape index (κ2) is 5.41. The van der Waals surface area contributed by atoms with Crippen LogP contribution in [0.15, 0.2) is 12.4 Å². The van der Waals surface area contributed by atoms with E-state index >= 15 is 0 Å². The summed E-state index contributed by atoms with van der Waals surface area (Å²) in [6.45, 7) is 1.02. The number of hydrogen-bond acceptors (Lipinski definition) is 7. The summed E-state index contributed by atoms with van der Waals surface area (Å²) < 4.78 is 23.5. The molecular weight excluding hydrogens is 272 g/mol. The molecule has 1 saturated heterocycles. The van der Waals surface area contributed by atoms with E-state index in [9.17, 15) is 8.42 Å². The molecule has 2 rings (SSSR count). The fourth-order valence-electron chi connectivity index (χ4n) is 1.77. The predicted octanol–water partition coefficient (Wildman–Crippen LogP) is -0.141. The third kappa shape index (κ3) is 2.93. The summed E-state index contributed by atoms with van der Waals surface area (Å²) in [6.07, 6.45) is 4.54. The van der Waals surface area contributed by atoms with Gasteiger partial charge in [-0.1, -0.05) is 0 Å². The molecular formula is C10H16N4O2S2. The van der Waals surface area contributed by atoms with Gasteiger partial charge in [0.25, 0.3) is 0 Å². The summed E-state index contributed by atoms with van der Waals surface area (Å²) >= 11 is 1.64. The van der Waals surface area contributed by atoms with Gasteiger partial charge in [0.1, 0.15) is 5.37 Å². The molecule has 2 heterocycles. The lowest BCUT2D eigenvalue weighted by molar-refractivity contribution is 0.582. The highest BCUT2D eigenvalue weighted by Gasteiger charge is 2.32. The number of nitrogens with two attached hydrogens (primary N) is 1. The number of rotatable bonds is 3. The minimum Gasteiger partial charge on any atom is -0.326 e. The Labute approximate surface area is 111 Å². The lowest BCUT2D eigenvalue weighted by atomic mass is 10.3. The molecule has 1 fully saturated rings. The zero-order valence-electron chi connectivity index (χ0n) is 10.1. The topological polar surface area (TPSA) is 89.2 Å². The summed E-state index contributed by atoms with van der Waals surface area (Å²) in [4.78, 5) is 10.2. The van der Waals surface area contributed by atoms with E-state index in [4.69, 9.17) is 5.73 Å². The number of hydrogen-bond donors (Lipinski definition) is 1. The number of thioether (sulfide) groups is 1. The normalized spacial score (nSPS) is 21.0. The monoisotopic (exact) mass is 288 g/mol. The molecule has 0 saturated carbocycles. The first-order valence-electron chi connectivity index (χ1n) is 5.56. The zero-order chi connectivity index (χ0) is 13.2. The molecule has 1 aliphatic rings. The van der Waals surface area contributed by atoms with E-state index in [1.165, 1.54) is 6.26 Å². The van der Waals surface area contributed by atoms with Crippen molar-refractivity contribution < 1.29 is 8.42 Å². The van der Waals surface area contributed by atoms with E-state index in [2.05, 4.69) is 9.97 Å². The second-order valence-corrected chi connectivity index (χ2v) is 7.50. The van der Waals surface area contributed by atoms with Gasteiger partial charge < -0.3 is 10.6 Å². The fourth-order valence-corrected chi connectivity index (χ4v) is 4.58. The van der Waals surface area contributed by atoms with Gasteiger partial charge in [-0.05, 0) is 0 Å². The molecule has 1 aliphatic heterocycles. The highest BCUT2D eigenvalue weighted by Crippen LogP contribution is 2.23. The summed E-state index contributed by atoms with van der Waals surface area (Å²) in [6, 6.07) is 0. The molecule has 0 spiro atoms. The SMILES string of the molecule is CS(=O)(=O)C1CSCCN1c1ncc(CN)cn1. The van der Waals surface area contributed by atoms with Gasteiger partial charge in [0.2, 0.25) is 5.95 Å². The van der Waals surface area contributed by atoms with Gasteiger partial charge >= 0.3 is 0 Å². The first-order chi connectivity index (χ1) is 8.52. The fraction of sp³-hybridized carbons (Fsp3) is 0.600. The van der Waals surface area contributed by atoms with Crippen molar-refractivity contribution in [2.24, 2.45) is 5.73 Å². The van der Waals surface area contributed by atoms with Gasteiger partial charge in [-0.15, -0.1) is 0 Å². The van der Waals surface area contributed by atoms with E-state index in [-0.39, 0.29) is 0 Å². The Hall–Kier alpha value is -0.860. The average molecular weight is 288 g/mol. The van der Waals surface area contributed by atoms with Gasteiger partial charge in [-0.3, -0.25) is 0 Å².